The molecule has 0 radical (unpaired) electrons. The minimum absolute atomic E-state index is 0.0651. The Morgan fingerprint density at radius 3 is 2.65 bits per heavy atom. The van der Waals surface area contributed by atoms with Crippen LogP contribution in [0.3, 0.4) is 0 Å². The van der Waals surface area contributed by atoms with Gasteiger partial charge < -0.3 is 10.1 Å². The van der Waals surface area contributed by atoms with E-state index in [4.69, 9.17) is 4.74 Å². The highest BCUT2D eigenvalue weighted by molar-refractivity contribution is 5.92. The zero-order valence-corrected chi connectivity index (χ0v) is 19.2. The van der Waals surface area contributed by atoms with Gasteiger partial charge in [-0.15, -0.1) is 0 Å². The molecule has 5 rings (SSSR count). The van der Waals surface area contributed by atoms with E-state index in [-0.39, 0.29) is 17.9 Å². The Balaban J connectivity index is 0.00000112. The topological polar surface area (TPSA) is 74.0 Å². The van der Waals surface area contributed by atoms with Gasteiger partial charge in [-0.05, 0) is 50.8 Å². The number of hydrogen-bond acceptors (Lipinski definition) is 4. The van der Waals surface area contributed by atoms with E-state index in [1.54, 1.807) is 0 Å². The fourth-order valence-electron chi connectivity index (χ4n) is 4.30. The smallest absolute Gasteiger partial charge is 0.220 e. The lowest BCUT2D eigenvalue weighted by molar-refractivity contribution is -0.119. The third kappa shape index (κ3) is 4.05. The van der Waals surface area contributed by atoms with Crippen molar-refractivity contribution in [2.24, 2.45) is 13.0 Å². The van der Waals surface area contributed by atoms with Gasteiger partial charge in [-0.3, -0.25) is 14.2 Å². The number of benzene rings is 1. The molecule has 1 aromatic carbocycles. The standard InChI is InChI=1S/C22H27N5O2.C2H6/c1-13-22-19(25-26(13)3)7-15(17-11-24-27(12-17)18-5-4-6-18)8-20(22)29-14(2)16-9-21(28)23-10-16;1-2/h7-8,11-12,14,16,18H,4-6,9-10H2,1-3H3,(H,23,28);1-2H3/t14-,16-;/m1./s1. The number of aromatic nitrogens is 4. The molecule has 31 heavy (non-hydrogen) atoms. The van der Waals surface area contributed by atoms with E-state index in [0.29, 0.717) is 19.0 Å². The van der Waals surface area contributed by atoms with Crippen LogP contribution in [0.25, 0.3) is 22.0 Å². The van der Waals surface area contributed by atoms with Gasteiger partial charge >= 0.3 is 0 Å². The summed E-state index contributed by atoms with van der Waals surface area (Å²) in [6.07, 6.45) is 8.22. The molecule has 7 nitrogen and oxygen atoms in total. The summed E-state index contributed by atoms with van der Waals surface area (Å²) in [6.45, 7) is 8.77. The first-order chi connectivity index (χ1) is 15.0. The van der Waals surface area contributed by atoms with Gasteiger partial charge in [0, 0.05) is 43.4 Å². The lowest BCUT2D eigenvalue weighted by Crippen LogP contribution is -2.25. The Bertz CT molecular complexity index is 1080. The number of rotatable bonds is 5. The third-order valence-electron chi connectivity index (χ3n) is 6.56. The zero-order valence-electron chi connectivity index (χ0n) is 19.2. The average molecular weight is 424 g/mol. The summed E-state index contributed by atoms with van der Waals surface area (Å²) in [5, 5.41) is 13.2. The highest BCUT2D eigenvalue weighted by Crippen LogP contribution is 2.37. The van der Waals surface area contributed by atoms with Gasteiger partial charge in [0.05, 0.1) is 23.1 Å². The second-order valence-corrected chi connectivity index (χ2v) is 8.46. The van der Waals surface area contributed by atoms with Crippen LogP contribution in [0.15, 0.2) is 24.5 Å². The van der Waals surface area contributed by atoms with Gasteiger partial charge in [0.2, 0.25) is 5.91 Å². The van der Waals surface area contributed by atoms with E-state index in [1.807, 2.05) is 38.7 Å². The summed E-state index contributed by atoms with van der Waals surface area (Å²) >= 11 is 0. The molecule has 1 N–H and O–H groups in total. The van der Waals surface area contributed by atoms with Crippen LogP contribution in [0, 0.1) is 12.8 Å². The summed E-state index contributed by atoms with van der Waals surface area (Å²) in [5.41, 5.74) is 4.13. The van der Waals surface area contributed by atoms with Crippen molar-refractivity contribution < 1.29 is 9.53 Å². The average Bonchev–Trinajstić information content (AvgIpc) is 3.43. The van der Waals surface area contributed by atoms with Crippen LogP contribution in [0.1, 0.15) is 58.2 Å². The first-order valence-corrected chi connectivity index (χ1v) is 11.4. The van der Waals surface area contributed by atoms with Crippen LogP contribution < -0.4 is 10.1 Å². The zero-order chi connectivity index (χ0) is 22.1. The molecular weight excluding hydrogens is 390 g/mol. The molecule has 2 aliphatic rings. The van der Waals surface area contributed by atoms with Crippen molar-refractivity contribution in [3.05, 3.63) is 30.2 Å². The number of fused-ring (bicyclic) bond motifs is 1. The SMILES string of the molecule is CC.Cc1c2c(O[C@H](C)[C@H]3CNC(=O)C3)cc(-c3cnn(C4CCC4)c3)cc2nn1C. The summed E-state index contributed by atoms with van der Waals surface area (Å²) < 4.78 is 10.4. The van der Waals surface area contributed by atoms with E-state index >= 15 is 0 Å². The van der Waals surface area contributed by atoms with Crippen molar-refractivity contribution in [2.75, 3.05) is 6.54 Å². The van der Waals surface area contributed by atoms with Crippen LogP contribution in [0.2, 0.25) is 0 Å². The first-order valence-electron chi connectivity index (χ1n) is 11.4. The maximum atomic E-state index is 11.6. The van der Waals surface area contributed by atoms with Gasteiger partial charge in [0.25, 0.3) is 0 Å². The normalized spacial score (nSPS) is 19.5. The number of nitrogens with one attached hydrogen (secondary N) is 1. The molecule has 2 aromatic heterocycles. The minimum atomic E-state index is -0.0651. The van der Waals surface area contributed by atoms with Gasteiger partial charge in [0.1, 0.15) is 11.9 Å². The molecule has 166 valence electrons. The first kappa shape index (κ1) is 21.4. The fourth-order valence-corrected chi connectivity index (χ4v) is 4.30. The van der Waals surface area contributed by atoms with Crippen molar-refractivity contribution in [3.8, 4) is 16.9 Å². The van der Waals surface area contributed by atoms with Gasteiger partial charge in [-0.25, -0.2) is 0 Å². The lowest BCUT2D eigenvalue weighted by Gasteiger charge is -2.25. The summed E-state index contributed by atoms with van der Waals surface area (Å²) in [7, 11) is 1.95. The quantitative estimate of drug-likeness (QED) is 0.660. The molecule has 1 amide bonds. The second kappa shape index (κ2) is 8.73. The van der Waals surface area contributed by atoms with E-state index in [2.05, 4.69) is 45.4 Å². The van der Waals surface area contributed by atoms with Crippen molar-refractivity contribution in [1.29, 1.82) is 0 Å². The molecule has 1 aliphatic carbocycles. The van der Waals surface area contributed by atoms with Crippen LogP contribution >= 0.6 is 0 Å². The molecule has 2 fully saturated rings. The van der Waals surface area contributed by atoms with E-state index in [0.717, 1.165) is 33.5 Å². The Labute approximate surface area is 183 Å². The Morgan fingerprint density at radius 1 is 1.23 bits per heavy atom. The Morgan fingerprint density at radius 2 is 2.00 bits per heavy atom. The van der Waals surface area contributed by atoms with Crippen molar-refractivity contribution in [2.45, 2.75) is 65.5 Å². The number of aryl methyl sites for hydroxylation is 2. The highest BCUT2D eigenvalue weighted by atomic mass is 16.5. The third-order valence-corrected chi connectivity index (χ3v) is 6.56. The number of carbonyl (C=O) groups excluding carboxylic acids is 1. The molecule has 0 bridgehead atoms. The molecule has 1 saturated carbocycles. The monoisotopic (exact) mass is 423 g/mol. The minimum Gasteiger partial charge on any atom is -0.490 e. The maximum Gasteiger partial charge on any atom is 0.220 e. The molecule has 7 heteroatoms. The maximum absolute atomic E-state index is 11.6. The van der Waals surface area contributed by atoms with Crippen molar-refractivity contribution in [3.63, 3.8) is 0 Å². The van der Waals surface area contributed by atoms with Crippen LogP contribution in [-0.2, 0) is 11.8 Å². The van der Waals surface area contributed by atoms with Gasteiger partial charge in [-0.2, -0.15) is 10.2 Å². The van der Waals surface area contributed by atoms with Crippen molar-refractivity contribution in [1.82, 2.24) is 24.9 Å². The molecule has 1 saturated heterocycles. The van der Waals surface area contributed by atoms with Gasteiger partial charge in [0.15, 0.2) is 0 Å². The molecular formula is C24H33N5O2. The van der Waals surface area contributed by atoms with Crippen LogP contribution in [-0.4, -0.2) is 38.1 Å². The molecule has 3 aromatic rings. The molecule has 0 unspecified atom stereocenters. The molecule has 2 atom stereocenters. The predicted octanol–water partition coefficient (Wildman–Crippen LogP) is 4.40. The summed E-state index contributed by atoms with van der Waals surface area (Å²) in [6, 6.07) is 4.75. The van der Waals surface area contributed by atoms with Crippen LogP contribution in [0.5, 0.6) is 5.75 Å². The van der Waals surface area contributed by atoms with Crippen molar-refractivity contribution >= 4 is 16.8 Å². The van der Waals surface area contributed by atoms with E-state index in [9.17, 15) is 4.79 Å². The predicted molar refractivity (Wildman–Crippen MR) is 122 cm³/mol. The number of ether oxygens (including phenoxy) is 1. The number of nitrogens with zero attached hydrogens (tertiary/aromatic N) is 4. The highest BCUT2D eigenvalue weighted by Gasteiger charge is 2.29. The van der Waals surface area contributed by atoms with E-state index < -0.39 is 0 Å². The summed E-state index contributed by atoms with van der Waals surface area (Å²) in [4.78, 5) is 11.6. The second-order valence-electron chi connectivity index (χ2n) is 8.46. The van der Waals surface area contributed by atoms with Gasteiger partial charge in [-0.1, -0.05) is 13.8 Å². The summed E-state index contributed by atoms with van der Waals surface area (Å²) in [5.74, 6) is 1.11. The van der Waals surface area contributed by atoms with E-state index in [1.165, 1.54) is 19.3 Å². The molecule has 3 heterocycles. The number of amides is 1. The Hall–Kier alpha value is -2.83. The fraction of sp³-hybridized carbons (Fsp3) is 0.542. The molecule has 1 aliphatic heterocycles. The molecule has 0 spiro atoms. The number of carbonyl (C=O) groups is 1. The lowest BCUT2D eigenvalue weighted by atomic mass is 9.93. The Kier molecular flexibility index (Phi) is 6.03. The number of hydrogen-bond donors (Lipinski definition) is 1. The largest absolute Gasteiger partial charge is 0.490 e. The van der Waals surface area contributed by atoms with Crippen LogP contribution in [0.4, 0.5) is 0 Å².